The molecule has 0 fully saturated rings. The van der Waals surface area contributed by atoms with Crippen molar-refractivity contribution in [1.29, 1.82) is 0 Å². The number of rotatable bonds is 0. The van der Waals surface area contributed by atoms with E-state index in [9.17, 15) is 9.90 Å². The molecule has 0 heterocycles. The minimum absolute atomic E-state index is 0.202. The van der Waals surface area contributed by atoms with Gasteiger partial charge >= 0.3 is 0 Å². The van der Waals surface area contributed by atoms with Crippen LogP contribution >= 0.6 is 0 Å². The molecule has 0 aromatic carbocycles. The van der Waals surface area contributed by atoms with Crippen LogP contribution in [0.2, 0.25) is 0 Å². The Labute approximate surface area is 143 Å². The van der Waals surface area contributed by atoms with E-state index in [1.807, 2.05) is 13.0 Å². The van der Waals surface area contributed by atoms with Gasteiger partial charge in [0.15, 0.2) is 0 Å². The molecule has 0 saturated heterocycles. The van der Waals surface area contributed by atoms with Crippen molar-refractivity contribution in [1.82, 2.24) is 0 Å². The summed E-state index contributed by atoms with van der Waals surface area (Å²) in [5.74, 6) is 0.193. The summed E-state index contributed by atoms with van der Waals surface area (Å²) in [7, 11) is 0. The van der Waals surface area contributed by atoms with Gasteiger partial charge < -0.3 is 5.11 Å². The van der Waals surface area contributed by atoms with Crippen LogP contribution in [0.1, 0.15) is 110 Å². The largest absolute Gasteiger partial charge is 0.512 e. The predicted molar refractivity (Wildman–Crippen MR) is 98.8 cm³/mol. The third kappa shape index (κ3) is 10.6. The van der Waals surface area contributed by atoms with Crippen molar-refractivity contribution >= 4 is 5.78 Å². The number of allylic oxidation sites excluding steroid dienone is 2. The Bertz CT molecular complexity index is 333. The molecule has 23 heavy (non-hydrogen) atoms. The summed E-state index contributed by atoms with van der Waals surface area (Å²) in [6.07, 6.45) is 21.5. The molecule has 0 aliphatic heterocycles. The smallest absolute Gasteiger partial charge is 0.143 e. The van der Waals surface area contributed by atoms with Gasteiger partial charge in [0.1, 0.15) is 5.78 Å². The Balaban J connectivity index is 2.35. The number of carbonyl (C=O) groups is 1. The number of ketones is 1. The molecule has 1 unspecified atom stereocenters. The third-order valence-electron chi connectivity index (χ3n) is 5.16. The van der Waals surface area contributed by atoms with Crippen molar-refractivity contribution < 1.29 is 9.90 Å². The maximum atomic E-state index is 12.1. The van der Waals surface area contributed by atoms with E-state index in [1.54, 1.807) is 0 Å². The first-order chi connectivity index (χ1) is 11.2. The second-order valence-corrected chi connectivity index (χ2v) is 7.31. The van der Waals surface area contributed by atoms with E-state index in [0.29, 0.717) is 12.2 Å². The molecule has 1 aliphatic carbocycles. The van der Waals surface area contributed by atoms with E-state index in [-0.39, 0.29) is 11.7 Å². The summed E-state index contributed by atoms with van der Waals surface area (Å²) in [6, 6.07) is 0. The molecule has 0 radical (unpaired) electrons. The molecule has 0 amide bonds. The van der Waals surface area contributed by atoms with Gasteiger partial charge in [0.25, 0.3) is 0 Å². The molecule has 2 nitrogen and oxygen atoms in total. The zero-order chi connectivity index (χ0) is 16.8. The van der Waals surface area contributed by atoms with Crippen LogP contribution in [0, 0.1) is 5.92 Å². The number of aliphatic hydroxyl groups is 1. The highest BCUT2D eigenvalue weighted by Crippen LogP contribution is 2.17. The van der Waals surface area contributed by atoms with Crippen LogP contribution in [0.3, 0.4) is 0 Å². The first-order valence-electron chi connectivity index (χ1n) is 10.1. The minimum atomic E-state index is -0.305. The highest BCUT2D eigenvalue weighted by molar-refractivity contribution is 5.82. The molecule has 0 aromatic heterocycles. The molecule has 1 N–H and O–H groups in total. The second kappa shape index (κ2) is 13.6. The standard InChI is InChI=1S/C21H38O2/c1-19-20(22)17-15-13-11-9-7-5-3-2-4-6-8-10-12-14-16-18-21(19)23/h17,19,22H,2-16,18H2,1H3. The van der Waals surface area contributed by atoms with Gasteiger partial charge in [0.2, 0.25) is 0 Å². The van der Waals surface area contributed by atoms with Crippen LogP contribution in [-0.4, -0.2) is 10.9 Å². The van der Waals surface area contributed by atoms with Crippen molar-refractivity contribution in [2.24, 2.45) is 5.92 Å². The third-order valence-corrected chi connectivity index (χ3v) is 5.16. The average molecular weight is 323 g/mol. The lowest BCUT2D eigenvalue weighted by Gasteiger charge is -2.10. The average Bonchev–Trinajstić information content (AvgIpc) is 2.55. The molecule has 0 saturated carbocycles. The Morgan fingerprint density at radius 2 is 1.13 bits per heavy atom. The minimum Gasteiger partial charge on any atom is -0.512 e. The zero-order valence-corrected chi connectivity index (χ0v) is 15.3. The Kier molecular flexibility index (Phi) is 12.0. The first-order valence-corrected chi connectivity index (χ1v) is 10.1. The van der Waals surface area contributed by atoms with Gasteiger partial charge in [-0.2, -0.15) is 0 Å². The monoisotopic (exact) mass is 322 g/mol. The van der Waals surface area contributed by atoms with Crippen LogP contribution in [0.25, 0.3) is 0 Å². The molecular weight excluding hydrogens is 284 g/mol. The maximum absolute atomic E-state index is 12.1. The van der Waals surface area contributed by atoms with Gasteiger partial charge in [-0.05, 0) is 32.3 Å². The zero-order valence-electron chi connectivity index (χ0n) is 15.3. The van der Waals surface area contributed by atoms with Crippen molar-refractivity contribution in [3.63, 3.8) is 0 Å². The lowest BCUT2D eigenvalue weighted by molar-refractivity contribution is -0.122. The van der Waals surface area contributed by atoms with Crippen LogP contribution in [0.15, 0.2) is 11.8 Å². The van der Waals surface area contributed by atoms with E-state index in [2.05, 4.69) is 0 Å². The quantitative estimate of drug-likeness (QED) is 0.527. The fourth-order valence-electron chi connectivity index (χ4n) is 3.37. The number of carbonyl (C=O) groups excluding carboxylic acids is 1. The molecule has 1 rings (SSSR count). The van der Waals surface area contributed by atoms with Gasteiger partial charge in [-0.3, -0.25) is 4.79 Å². The summed E-state index contributed by atoms with van der Waals surface area (Å²) in [5, 5.41) is 10.0. The van der Waals surface area contributed by atoms with Gasteiger partial charge in [0, 0.05) is 6.42 Å². The van der Waals surface area contributed by atoms with E-state index < -0.39 is 0 Å². The maximum Gasteiger partial charge on any atom is 0.143 e. The highest BCUT2D eigenvalue weighted by Gasteiger charge is 2.16. The summed E-state index contributed by atoms with van der Waals surface area (Å²) >= 11 is 0. The summed E-state index contributed by atoms with van der Waals surface area (Å²) < 4.78 is 0. The van der Waals surface area contributed by atoms with Crippen molar-refractivity contribution in [2.75, 3.05) is 0 Å². The van der Waals surface area contributed by atoms with E-state index >= 15 is 0 Å². The molecule has 1 aliphatic rings. The van der Waals surface area contributed by atoms with E-state index in [0.717, 1.165) is 25.7 Å². The lowest BCUT2D eigenvalue weighted by Crippen LogP contribution is -2.13. The van der Waals surface area contributed by atoms with E-state index in [4.69, 9.17) is 0 Å². The summed E-state index contributed by atoms with van der Waals surface area (Å²) in [4.78, 5) is 12.1. The van der Waals surface area contributed by atoms with Gasteiger partial charge in [-0.25, -0.2) is 0 Å². The van der Waals surface area contributed by atoms with Crippen molar-refractivity contribution in [3.8, 4) is 0 Å². The fourth-order valence-corrected chi connectivity index (χ4v) is 3.37. The molecule has 0 spiro atoms. The lowest BCUT2D eigenvalue weighted by atomic mass is 9.97. The van der Waals surface area contributed by atoms with Gasteiger partial charge in [-0.15, -0.1) is 0 Å². The Morgan fingerprint density at radius 1 is 0.739 bits per heavy atom. The molecule has 0 aromatic rings. The molecular formula is C21H38O2. The number of hydrogen-bond acceptors (Lipinski definition) is 2. The van der Waals surface area contributed by atoms with Crippen LogP contribution in [0.5, 0.6) is 0 Å². The summed E-state index contributed by atoms with van der Waals surface area (Å²) in [5.41, 5.74) is 0. The Hall–Kier alpha value is -0.790. The number of hydrogen-bond donors (Lipinski definition) is 1. The topological polar surface area (TPSA) is 37.3 Å². The normalized spacial score (nSPS) is 25.5. The van der Waals surface area contributed by atoms with Crippen LogP contribution in [-0.2, 0) is 4.79 Å². The van der Waals surface area contributed by atoms with E-state index in [1.165, 1.54) is 70.6 Å². The predicted octanol–water partition coefficient (Wildman–Crippen LogP) is 6.89. The van der Waals surface area contributed by atoms with Gasteiger partial charge in [-0.1, -0.05) is 77.0 Å². The molecule has 0 bridgehead atoms. The number of aliphatic hydroxyl groups excluding tert-OH is 1. The van der Waals surface area contributed by atoms with Crippen LogP contribution < -0.4 is 0 Å². The first kappa shape index (κ1) is 20.3. The molecule has 134 valence electrons. The van der Waals surface area contributed by atoms with Gasteiger partial charge in [0.05, 0.1) is 11.7 Å². The summed E-state index contributed by atoms with van der Waals surface area (Å²) in [6.45, 7) is 1.85. The number of Topliss-reactive ketones (excluding diaryl/α,β-unsaturated/α-hetero) is 1. The van der Waals surface area contributed by atoms with Crippen molar-refractivity contribution in [2.45, 2.75) is 110 Å². The van der Waals surface area contributed by atoms with Crippen LogP contribution in [0.4, 0.5) is 0 Å². The highest BCUT2D eigenvalue weighted by atomic mass is 16.3. The van der Waals surface area contributed by atoms with Crippen molar-refractivity contribution in [3.05, 3.63) is 11.8 Å². The SMILES string of the molecule is CC1C(=O)CCCCCCCCCCCCCCCCC=C1O. The second-order valence-electron chi connectivity index (χ2n) is 7.31. The Morgan fingerprint density at radius 3 is 1.61 bits per heavy atom. The molecule has 1 atom stereocenters. The molecule has 2 heteroatoms. The fraction of sp³-hybridized carbons (Fsp3) is 0.857.